The number of carbonyl (C=O) groups excluding carboxylic acids is 1. The van der Waals surface area contributed by atoms with Crippen molar-refractivity contribution < 1.29 is 14.3 Å². The predicted octanol–water partition coefficient (Wildman–Crippen LogP) is 4.26. The Morgan fingerprint density at radius 1 is 1.28 bits per heavy atom. The first-order valence-electron chi connectivity index (χ1n) is 7.78. The van der Waals surface area contributed by atoms with Crippen molar-refractivity contribution in [3.05, 3.63) is 69.8 Å². The number of halogens is 2. The number of fused-ring (bicyclic) bond motifs is 1. The molecule has 2 aromatic carbocycles. The first kappa shape index (κ1) is 17.9. The molecule has 130 valence electrons. The number of hydrogen-bond donors (Lipinski definition) is 2. The van der Waals surface area contributed by atoms with Gasteiger partial charge in [0.1, 0.15) is 11.4 Å². The van der Waals surface area contributed by atoms with E-state index in [2.05, 4.69) is 5.32 Å². The molecule has 0 spiro atoms. The van der Waals surface area contributed by atoms with E-state index < -0.39 is 17.3 Å². The van der Waals surface area contributed by atoms with Crippen LogP contribution in [0.4, 0.5) is 4.39 Å². The molecule has 3 aromatic rings. The molecule has 1 atom stereocenters. The standard InChI is InChI=1S/C19H17ClFNO2S/c1-19(24,17-9-12-5-2-3-8-16(12)25-17)11-22-18(23)10-13-14(20)6-4-7-15(13)21/h2-9,24H,10-11H2,1H3,(H,22,23)/t19-/m0/s1. The largest absolute Gasteiger partial charge is 0.383 e. The van der Waals surface area contributed by atoms with Crippen molar-refractivity contribution in [2.75, 3.05) is 6.54 Å². The minimum Gasteiger partial charge on any atom is -0.383 e. The summed E-state index contributed by atoms with van der Waals surface area (Å²) in [6.45, 7) is 1.68. The monoisotopic (exact) mass is 377 g/mol. The number of nitrogens with one attached hydrogen (secondary N) is 1. The highest BCUT2D eigenvalue weighted by Crippen LogP contribution is 2.32. The van der Waals surface area contributed by atoms with Crippen LogP contribution in [0, 0.1) is 5.82 Å². The second-order valence-electron chi connectivity index (χ2n) is 6.08. The fourth-order valence-electron chi connectivity index (χ4n) is 2.53. The zero-order valence-electron chi connectivity index (χ0n) is 13.6. The highest BCUT2D eigenvalue weighted by molar-refractivity contribution is 7.19. The topological polar surface area (TPSA) is 49.3 Å². The fraction of sp³-hybridized carbons (Fsp3) is 0.211. The molecule has 6 heteroatoms. The van der Waals surface area contributed by atoms with Crippen LogP contribution in [0.5, 0.6) is 0 Å². The number of thiophene rings is 1. The van der Waals surface area contributed by atoms with Crippen LogP contribution in [0.25, 0.3) is 10.1 Å². The number of hydrogen-bond acceptors (Lipinski definition) is 3. The maximum absolute atomic E-state index is 13.8. The zero-order valence-corrected chi connectivity index (χ0v) is 15.1. The lowest BCUT2D eigenvalue weighted by Crippen LogP contribution is -2.38. The van der Waals surface area contributed by atoms with Crippen molar-refractivity contribution in [2.45, 2.75) is 18.9 Å². The van der Waals surface area contributed by atoms with Crippen LogP contribution >= 0.6 is 22.9 Å². The summed E-state index contributed by atoms with van der Waals surface area (Å²) < 4.78 is 14.8. The van der Waals surface area contributed by atoms with E-state index in [1.54, 1.807) is 13.0 Å². The molecule has 0 aliphatic carbocycles. The average Bonchev–Trinajstić information content (AvgIpc) is 3.02. The second-order valence-corrected chi connectivity index (χ2v) is 7.57. The Labute approximate surface area is 154 Å². The fourth-order valence-corrected chi connectivity index (χ4v) is 3.87. The summed E-state index contributed by atoms with van der Waals surface area (Å²) in [4.78, 5) is 12.9. The first-order chi connectivity index (χ1) is 11.9. The summed E-state index contributed by atoms with van der Waals surface area (Å²) in [5, 5.41) is 14.6. The molecular formula is C19H17ClFNO2S. The van der Waals surface area contributed by atoms with Gasteiger partial charge < -0.3 is 10.4 Å². The normalized spacial score (nSPS) is 13.6. The third kappa shape index (κ3) is 4.00. The molecule has 0 aliphatic heterocycles. The summed E-state index contributed by atoms with van der Waals surface area (Å²) >= 11 is 7.42. The molecule has 1 aromatic heterocycles. The highest BCUT2D eigenvalue weighted by atomic mass is 35.5. The molecule has 25 heavy (non-hydrogen) atoms. The summed E-state index contributed by atoms with van der Waals surface area (Å²) in [5.74, 6) is -0.910. The van der Waals surface area contributed by atoms with Crippen molar-refractivity contribution in [3.8, 4) is 0 Å². The predicted molar refractivity (Wildman–Crippen MR) is 99.5 cm³/mol. The van der Waals surface area contributed by atoms with E-state index in [-0.39, 0.29) is 23.6 Å². The molecule has 0 unspecified atom stereocenters. The van der Waals surface area contributed by atoms with E-state index in [0.717, 1.165) is 15.0 Å². The van der Waals surface area contributed by atoms with E-state index in [9.17, 15) is 14.3 Å². The molecule has 0 saturated heterocycles. The van der Waals surface area contributed by atoms with Crippen molar-refractivity contribution in [2.24, 2.45) is 0 Å². The molecule has 0 fully saturated rings. The Balaban J connectivity index is 1.68. The van der Waals surface area contributed by atoms with Crippen molar-refractivity contribution in [3.63, 3.8) is 0 Å². The van der Waals surface area contributed by atoms with Crippen LogP contribution in [0.15, 0.2) is 48.5 Å². The Bertz CT molecular complexity index is 869. The summed E-state index contributed by atoms with van der Waals surface area (Å²) in [6, 6.07) is 14.1. The van der Waals surface area contributed by atoms with Crippen molar-refractivity contribution >= 4 is 38.9 Å². The van der Waals surface area contributed by atoms with Gasteiger partial charge in [-0.1, -0.05) is 35.9 Å². The van der Waals surface area contributed by atoms with Gasteiger partial charge in [-0.05, 0) is 36.6 Å². The van der Waals surface area contributed by atoms with E-state index in [0.29, 0.717) is 0 Å². The molecule has 2 N–H and O–H groups in total. The Hall–Kier alpha value is -1.95. The zero-order chi connectivity index (χ0) is 18.0. The van der Waals surface area contributed by atoms with Crippen LogP contribution in [0.2, 0.25) is 5.02 Å². The van der Waals surface area contributed by atoms with Gasteiger partial charge in [0.2, 0.25) is 5.91 Å². The number of aliphatic hydroxyl groups is 1. The molecule has 3 nitrogen and oxygen atoms in total. The SMILES string of the molecule is C[C@](O)(CNC(=O)Cc1c(F)cccc1Cl)c1cc2ccccc2s1. The molecule has 1 amide bonds. The van der Waals surface area contributed by atoms with Crippen LogP contribution in [0.1, 0.15) is 17.4 Å². The van der Waals surface area contributed by atoms with Gasteiger partial charge in [0, 0.05) is 20.2 Å². The van der Waals surface area contributed by atoms with Gasteiger partial charge in [-0.2, -0.15) is 0 Å². The van der Waals surface area contributed by atoms with Crippen molar-refractivity contribution in [1.82, 2.24) is 5.32 Å². The third-order valence-electron chi connectivity index (χ3n) is 3.99. The molecule has 0 bridgehead atoms. The summed E-state index contributed by atoms with van der Waals surface area (Å²) in [5.41, 5.74) is -1.05. The van der Waals surface area contributed by atoms with Gasteiger partial charge >= 0.3 is 0 Å². The Morgan fingerprint density at radius 3 is 2.76 bits per heavy atom. The molecule has 0 radical (unpaired) electrons. The minimum atomic E-state index is -1.21. The lowest BCUT2D eigenvalue weighted by Gasteiger charge is -2.22. The molecule has 1 heterocycles. The van der Waals surface area contributed by atoms with E-state index >= 15 is 0 Å². The van der Waals surface area contributed by atoms with Crippen molar-refractivity contribution in [1.29, 1.82) is 0 Å². The Morgan fingerprint density at radius 2 is 2.04 bits per heavy atom. The third-order valence-corrected chi connectivity index (χ3v) is 5.71. The van der Waals surface area contributed by atoms with Gasteiger partial charge in [-0.25, -0.2) is 4.39 Å². The molecule has 0 aliphatic rings. The minimum absolute atomic E-state index is 0.0325. The molecular weight excluding hydrogens is 361 g/mol. The summed E-state index contributed by atoms with van der Waals surface area (Å²) in [6.07, 6.45) is -0.173. The van der Waals surface area contributed by atoms with Crippen LogP contribution in [-0.4, -0.2) is 17.6 Å². The number of rotatable bonds is 5. The van der Waals surface area contributed by atoms with Gasteiger partial charge in [0.05, 0.1) is 13.0 Å². The lowest BCUT2D eigenvalue weighted by atomic mass is 10.0. The maximum atomic E-state index is 13.8. The van der Waals surface area contributed by atoms with E-state index in [1.807, 2.05) is 30.3 Å². The number of amides is 1. The molecule has 3 rings (SSSR count). The summed E-state index contributed by atoms with van der Waals surface area (Å²) in [7, 11) is 0. The average molecular weight is 378 g/mol. The second kappa shape index (κ2) is 7.12. The van der Waals surface area contributed by atoms with E-state index in [1.165, 1.54) is 23.5 Å². The van der Waals surface area contributed by atoms with Gasteiger partial charge in [0.25, 0.3) is 0 Å². The van der Waals surface area contributed by atoms with Gasteiger partial charge in [-0.15, -0.1) is 11.3 Å². The van der Waals surface area contributed by atoms with Crippen LogP contribution < -0.4 is 5.32 Å². The highest BCUT2D eigenvalue weighted by Gasteiger charge is 2.26. The first-order valence-corrected chi connectivity index (χ1v) is 8.97. The maximum Gasteiger partial charge on any atom is 0.224 e. The van der Waals surface area contributed by atoms with E-state index in [4.69, 9.17) is 11.6 Å². The number of carbonyl (C=O) groups is 1. The van der Waals surface area contributed by atoms with Gasteiger partial charge in [-0.3, -0.25) is 4.79 Å². The van der Waals surface area contributed by atoms with Crippen LogP contribution in [0.3, 0.4) is 0 Å². The van der Waals surface area contributed by atoms with Gasteiger partial charge in [0.15, 0.2) is 0 Å². The lowest BCUT2D eigenvalue weighted by molar-refractivity contribution is -0.121. The van der Waals surface area contributed by atoms with Crippen LogP contribution in [-0.2, 0) is 16.8 Å². The number of benzene rings is 2. The Kier molecular flexibility index (Phi) is 5.08. The molecule has 0 saturated carbocycles. The quantitative estimate of drug-likeness (QED) is 0.698. The smallest absolute Gasteiger partial charge is 0.224 e.